The normalized spacial score (nSPS) is 12.0. The van der Waals surface area contributed by atoms with Crippen LogP contribution in [-0.2, 0) is 10.8 Å². The zero-order valence-corrected chi connectivity index (χ0v) is 11.3. The van der Waals surface area contributed by atoms with E-state index in [4.69, 9.17) is 0 Å². The van der Waals surface area contributed by atoms with Crippen LogP contribution in [0.1, 0.15) is 10.4 Å². The highest BCUT2D eigenvalue weighted by molar-refractivity contribution is 7.88. The SMILES string of the molecule is O=C(CS(=O)c1cccs1)c1cccc([N+](=O)[O-])c1. The fourth-order valence-electron chi connectivity index (χ4n) is 1.46. The highest BCUT2D eigenvalue weighted by Gasteiger charge is 2.15. The third kappa shape index (κ3) is 3.33. The third-order valence-electron chi connectivity index (χ3n) is 2.36. The van der Waals surface area contributed by atoms with Gasteiger partial charge in [-0.3, -0.25) is 19.1 Å². The maximum Gasteiger partial charge on any atom is 0.270 e. The van der Waals surface area contributed by atoms with Crippen LogP contribution in [0.4, 0.5) is 5.69 Å². The van der Waals surface area contributed by atoms with Crippen molar-refractivity contribution in [3.8, 4) is 0 Å². The number of non-ortho nitro benzene ring substituents is 1. The Morgan fingerprint density at radius 1 is 1.32 bits per heavy atom. The summed E-state index contributed by atoms with van der Waals surface area (Å²) in [4.78, 5) is 22.0. The molecular weight excluding hydrogens is 286 g/mol. The van der Waals surface area contributed by atoms with Gasteiger partial charge in [0.25, 0.3) is 5.69 Å². The second kappa shape index (κ2) is 5.85. The number of hydrogen-bond donors (Lipinski definition) is 0. The van der Waals surface area contributed by atoms with Crippen molar-refractivity contribution in [1.29, 1.82) is 0 Å². The molecule has 0 spiro atoms. The zero-order valence-electron chi connectivity index (χ0n) is 9.65. The Hall–Kier alpha value is -1.86. The van der Waals surface area contributed by atoms with Gasteiger partial charge < -0.3 is 0 Å². The molecule has 1 heterocycles. The molecule has 2 aromatic rings. The first-order valence-electron chi connectivity index (χ1n) is 5.27. The first-order chi connectivity index (χ1) is 9.08. The molecule has 1 unspecified atom stereocenters. The van der Waals surface area contributed by atoms with Crippen molar-refractivity contribution in [3.63, 3.8) is 0 Å². The molecule has 0 aliphatic heterocycles. The smallest absolute Gasteiger partial charge is 0.270 e. The minimum Gasteiger partial charge on any atom is -0.293 e. The number of carbonyl (C=O) groups is 1. The molecule has 0 N–H and O–H groups in total. The molecule has 1 atom stereocenters. The van der Waals surface area contributed by atoms with Crippen molar-refractivity contribution < 1.29 is 13.9 Å². The molecule has 0 aliphatic carbocycles. The monoisotopic (exact) mass is 295 g/mol. The number of carbonyl (C=O) groups excluding carboxylic acids is 1. The van der Waals surface area contributed by atoms with Gasteiger partial charge in [0.2, 0.25) is 0 Å². The van der Waals surface area contributed by atoms with Gasteiger partial charge in [-0.25, -0.2) is 0 Å². The fourth-order valence-corrected chi connectivity index (χ4v) is 3.46. The summed E-state index contributed by atoms with van der Waals surface area (Å²) >= 11 is 1.32. The Balaban J connectivity index is 2.14. The van der Waals surface area contributed by atoms with Gasteiger partial charge in [0.05, 0.1) is 25.7 Å². The van der Waals surface area contributed by atoms with Crippen LogP contribution >= 0.6 is 11.3 Å². The molecule has 1 aromatic carbocycles. The molecule has 0 bridgehead atoms. The molecular formula is C12H9NO4S2. The van der Waals surface area contributed by atoms with Crippen molar-refractivity contribution in [2.75, 3.05) is 5.75 Å². The van der Waals surface area contributed by atoms with Crippen LogP contribution < -0.4 is 0 Å². The number of rotatable bonds is 5. The van der Waals surface area contributed by atoms with E-state index in [1.807, 2.05) is 0 Å². The number of Topliss-reactive ketones (excluding diaryl/α,β-unsaturated/α-hetero) is 1. The summed E-state index contributed by atoms with van der Waals surface area (Å²) in [5.74, 6) is -0.530. The summed E-state index contributed by atoms with van der Waals surface area (Å²) in [6.07, 6.45) is 0. The number of ketones is 1. The molecule has 5 nitrogen and oxygen atoms in total. The van der Waals surface area contributed by atoms with Gasteiger partial charge in [0.15, 0.2) is 5.78 Å². The van der Waals surface area contributed by atoms with Crippen molar-refractivity contribution in [1.82, 2.24) is 0 Å². The van der Waals surface area contributed by atoms with Crippen LogP contribution in [0.25, 0.3) is 0 Å². The fraction of sp³-hybridized carbons (Fsp3) is 0.0833. The highest BCUT2D eigenvalue weighted by atomic mass is 32.2. The molecule has 1 aromatic heterocycles. The summed E-state index contributed by atoms with van der Waals surface area (Å²) in [5.41, 5.74) is 0.0619. The van der Waals surface area contributed by atoms with E-state index in [0.717, 1.165) is 0 Å². The summed E-state index contributed by atoms with van der Waals surface area (Å²) in [7, 11) is -1.40. The summed E-state index contributed by atoms with van der Waals surface area (Å²) in [5, 5.41) is 12.4. The average Bonchev–Trinajstić information content (AvgIpc) is 2.92. The molecule has 98 valence electrons. The number of thiophene rings is 1. The Labute approximate surface area is 115 Å². The summed E-state index contributed by atoms with van der Waals surface area (Å²) < 4.78 is 12.5. The Kier molecular flexibility index (Phi) is 4.18. The Morgan fingerprint density at radius 3 is 2.74 bits per heavy atom. The molecule has 0 radical (unpaired) electrons. The second-order valence-electron chi connectivity index (χ2n) is 3.65. The van der Waals surface area contributed by atoms with E-state index in [-0.39, 0.29) is 22.8 Å². The van der Waals surface area contributed by atoms with Crippen molar-refractivity contribution >= 4 is 33.6 Å². The van der Waals surface area contributed by atoms with Gasteiger partial charge in [-0.2, -0.15) is 0 Å². The summed E-state index contributed by atoms with van der Waals surface area (Å²) in [6.45, 7) is 0. The first-order valence-corrected chi connectivity index (χ1v) is 7.47. The van der Waals surface area contributed by atoms with E-state index in [1.54, 1.807) is 17.5 Å². The lowest BCUT2D eigenvalue weighted by atomic mass is 10.1. The molecule has 2 rings (SSSR count). The van der Waals surface area contributed by atoms with E-state index in [0.29, 0.717) is 4.21 Å². The van der Waals surface area contributed by atoms with Crippen LogP contribution in [-0.4, -0.2) is 20.7 Å². The maximum atomic E-state index is 11.9. The van der Waals surface area contributed by atoms with Crippen LogP contribution in [0.15, 0.2) is 46.0 Å². The summed E-state index contributed by atoms with van der Waals surface area (Å²) in [6, 6.07) is 8.90. The van der Waals surface area contributed by atoms with Crippen LogP contribution in [0.2, 0.25) is 0 Å². The van der Waals surface area contributed by atoms with E-state index < -0.39 is 15.7 Å². The molecule has 0 saturated carbocycles. The quantitative estimate of drug-likeness (QED) is 0.482. The standard InChI is InChI=1S/C12H9NO4S2/c14-11(8-19(17)12-5-2-6-18-12)9-3-1-4-10(7-9)13(15)16/h1-7H,8H2. The second-order valence-corrected chi connectivity index (χ2v) is 6.28. The molecule has 0 aliphatic rings. The lowest BCUT2D eigenvalue weighted by Crippen LogP contribution is -2.10. The lowest BCUT2D eigenvalue weighted by Gasteiger charge is -2.00. The van der Waals surface area contributed by atoms with Crippen LogP contribution in [0.5, 0.6) is 0 Å². The molecule has 0 saturated heterocycles. The van der Waals surface area contributed by atoms with Crippen molar-refractivity contribution in [2.45, 2.75) is 4.21 Å². The van der Waals surface area contributed by atoms with E-state index in [9.17, 15) is 19.1 Å². The predicted octanol–water partition coefficient (Wildman–Crippen LogP) is 2.65. The maximum absolute atomic E-state index is 11.9. The minimum atomic E-state index is -1.40. The van der Waals surface area contributed by atoms with Crippen molar-refractivity contribution in [3.05, 3.63) is 57.5 Å². The van der Waals surface area contributed by atoms with E-state index >= 15 is 0 Å². The van der Waals surface area contributed by atoms with Crippen LogP contribution in [0, 0.1) is 10.1 Å². The number of hydrogen-bond acceptors (Lipinski definition) is 5. The van der Waals surface area contributed by atoms with E-state index in [1.165, 1.54) is 35.6 Å². The van der Waals surface area contributed by atoms with Gasteiger partial charge in [-0.1, -0.05) is 18.2 Å². The van der Waals surface area contributed by atoms with E-state index in [2.05, 4.69) is 0 Å². The number of benzene rings is 1. The number of nitro groups is 1. The Morgan fingerprint density at radius 2 is 2.11 bits per heavy atom. The Bertz CT molecular complexity index is 637. The minimum absolute atomic E-state index is 0.146. The molecule has 19 heavy (non-hydrogen) atoms. The topological polar surface area (TPSA) is 77.3 Å². The number of nitrogens with zero attached hydrogens (tertiary/aromatic N) is 1. The lowest BCUT2D eigenvalue weighted by molar-refractivity contribution is -0.384. The molecule has 0 fully saturated rings. The first kappa shape index (κ1) is 13.6. The average molecular weight is 295 g/mol. The molecule has 7 heteroatoms. The largest absolute Gasteiger partial charge is 0.293 e. The van der Waals surface area contributed by atoms with Gasteiger partial charge in [0, 0.05) is 17.7 Å². The van der Waals surface area contributed by atoms with Gasteiger partial charge in [-0.15, -0.1) is 11.3 Å². The van der Waals surface area contributed by atoms with Gasteiger partial charge in [-0.05, 0) is 11.4 Å². The highest BCUT2D eigenvalue weighted by Crippen LogP contribution is 2.17. The van der Waals surface area contributed by atoms with Gasteiger partial charge >= 0.3 is 0 Å². The third-order valence-corrected chi connectivity index (χ3v) is 4.98. The molecule has 0 amide bonds. The predicted molar refractivity (Wildman–Crippen MR) is 73.0 cm³/mol. The van der Waals surface area contributed by atoms with Crippen molar-refractivity contribution in [2.24, 2.45) is 0 Å². The zero-order chi connectivity index (χ0) is 13.8. The van der Waals surface area contributed by atoms with Crippen LogP contribution in [0.3, 0.4) is 0 Å². The van der Waals surface area contributed by atoms with Gasteiger partial charge in [0.1, 0.15) is 0 Å². The number of nitro benzene ring substituents is 1.